The van der Waals surface area contributed by atoms with E-state index in [1.807, 2.05) is 6.92 Å². The molecule has 8 nitrogen and oxygen atoms in total. The molecule has 0 heterocycles. The van der Waals surface area contributed by atoms with Gasteiger partial charge in [0.15, 0.2) is 0 Å². The summed E-state index contributed by atoms with van der Waals surface area (Å²) >= 11 is 0. The Morgan fingerprint density at radius 1 is 1.21 bits per heavy atom. The molecule has 0 aromatic heterocycles. The summed E-state index contributed by atoms with van der Waals surface area (Å²) in [5.41, 5.74) is 0. The number of carboxylic acids is 2. The molecule has 19 heavy (non-hydrogen) atoms. The standard InChI is InChI=1S/C11H20N2O6/c1-2-5-19-6-3-4-12-11(18)13-8(10(16)17)7-9(14)15/h8H,2-7H2,1H3,(H,14,15)(H,16,17)(H2,12,13,18)/t8-/m0/s1. The summed E-state index contributed by atoms with van der Waals surface area (Å²) in [5.74, 6) is -2.68. The molecule has 1 atom stereocenters. The van der Waals surface area contributed by atoms with Crippen LogP contribution in [0.25, 0.3) is 0 Å². The number of hydrogen-bond acceptors (Lipinski definition) is 4. The van der Waals surface area contributed by atoms with Crippen LogP contribution in [0.4, 0.5) is 4.79 Å². The van der Waals surface area contributed by atoms with Crippen molar-refractivity contribution in [1.29, 1.82) is 0 Å². The van der Waals surface area contributed by atoms with E-state index in [0.29, 0.717) is 26.2 Å². The Morgan fingerprint density at radius 2 is 1.89 bits per heavy atom. The van der Waals surface area contributed by atoms with Gasteiger partial charge in [0.2, 0.25) is 0 Å². The van der Waals surface area contributed by atoms with Crippen LogP contribution in [-0.2, 0) is 14.3 Å². The number of ether oxygens (including phenoxy) is 1. The zero-order valence-corrected chi connectivity index (χ0v) is 10.8. The third-order valence-corrected chi connectivity index (χ3v) is 2.08. The Labute approximate surface area is 111 Å². The molecule has 0 fully saturated rings. The molecule has 8 heteroatoms. The first-order valence-corrected chi connectivity index (χ1v) is 6.04. The summed E-state index contributed by atoms with van der Waals surface area (Å²) in [5, 5.41) is 21.7. The molecule has 0 aliphatic rings. The van der Waals surface area contributed by atoms with Crippen LogP contribution in [0.3, 0.4) is 0 Å². The highest BCUT2D eigenvalue weighted by molar-refractivity contribution is 5.86. The number of rotatable bonds is 10. The van der Waals surface area contributed by atoms with Gasteiger partial charge in [-0.25, -0.2) is 9.59 Å². The predicted octanol–water partition coefficient (Wildman–Crippen LogP) is 0.0302. The number of carbonyl (C=O) groups is 3. The van der Waals surface area contributed by atoms with Crippen LogP contribution >= 0.6 is 0 Å². The maximum atomic E-state index is 11.3. The molecule has 0 saturated carbocycles. The molecule has 0 spiro atoms. The minimum absolute atomic E-state index is 0.328. The van der Waals surface area contributed by atoms with Crippen LogP contribution in [0.2, 0.25) is 0 Å². The van der Waals surface area contributed by atoms with Gasteiger partial charge < -0.3 is 25.6 Å². The SMILES string of the molecule is CCCOCCCNC(=O)N[C@@H](CC(=O)O)C(=O)O. The average Bonchev–Trinajstić information content (AvgIpc) is 2.32. The zero-order valence-electron chi connectivity index (χ0n) is 10.8. The highest BCUT2D eigenvalue weighted by atomic mass is 16.5. The second-order valence-electron chi connectivity index (χ2n) is 3.85. The van der Waals surface area contributed by atoms with Crippen molar-refractivity contribution in [3.63, 3.8) is 0 Å². The minimum atomic E-state index is -1.44. The van der Waals surface area contributed by atoms with E-state index in [9.17, 15) is 14.4 Å². The second-order valence-corrected chi connectivity index (χ2v) is 3.85. The number of hydrogen-bond donors (Lipinski definition) is 4. The summed E-state index contributed by atoms with van der Waals surface area (Å²) < 4.78 is 5.19. The van der Waals surface area contributed by atoms with Gasteiger partial charge in [0.25, 0.3) is 0 Å². The van der Waals surface area contributed by atoms with E-state index in [0.717, 1.165) is 6.42 Å². The van der Waals surface area contributed by atoms with Gasteiger partial charge in [0.05, 0.1) is 6.42 Å². The molecule has 0 aliphatic carbocycles. The molecular weight excluding hydrogens is 256 g/mol. The number of nitrogens with one attached hydrogen (secondary N) is 2. The van der Waals surface area contributed by atoms with Crippen LogP contribution in [0, 0.1) is 0 Å². The molecule has 110 valence electrons. The number of urea groups is 1. The Morgan fingerprint density at radius 3 is 2.42 bits per heavy atom. The van der Waals surface area contributed by atoms with Crippen LogP contribution in [0.5, 0.6) is 0 Å². The maximum absolute atomic E-state index is 11.3. The second kappa shape index (κ2) is 10.1. The van der Waals surface area contributed by atoms with Crippen molar-refractivity contribution in [2.45, 2.75) is 32.2 Å². The normalized spacial score (nSPS) is 11.6. The summed E-state index contributed by atoms with van der Waals surface area (Å²) in [6, 6.07) is -2.14. The van der Waals surface area contributed by atoms with Crippen LogP contribution < -0.4 is 10.6 Å². The van der Waals surface area contributed by atoms with Crippen molar-refractivity contribution >= 4 is 18.0 Å². The number of carbonyl (C=O) groups excluding carboxylic acids is 1. The van der Waals surface area contributed by atoms with Gasteiger partial charge in [-0.3, -0.25) is 4.79 Å². The highest BCUT2D eigenvalue weighted by Gasteiger charge is 2.22. The van der Waals surface area contributed by atoms with Gasteiger partial charge in [0.1, 0.15) is 6.04 Å². The van der Waals surface area contributed by atoms with Crippen LogP contribution in [0.1, 0.15) is 26.2 Å². The molecule has 0 aromatic rings. The zero-order chi connectivity index (χ0) is 14.7. The maximum Gasteiger partial charge on any atom is 0.326 e. The molecular formula is C11H20N2O6. The first kappa shape index (κ1) is 17.2. The molecule has 0 aromatic carbocycles. The fourth-order valence-electron chi connectivity index (χ4n) is 1.21. The fourth-order valence-corrected chi connectivity index (χ4v) is 1.21. The topological polar surface area (TPSA) is 125 Å². The summed E-state index contributed by atoms with van der Waals surface area (Å²) in [4.78, 5) is 32.4. The third-order valence-electron chi connectivity index (χ3n) is 2.08. The van der Waals surface area contributed by atoms with Crippen molar-refractivity contribution in [2.75, 3.05) is 19.8 Å². The molecule has 0 aliphatic heterocycles. The lowest BCUT2D eigenvalue weighted by molar-refractivity contribution is -0.145. The minimum Gasteiger partial charge on any atom is -0.481 e. The van der Waals surface area contributed by atoms with Gasteiger partial charge in [-0.05, 0) is 12.8 Å². The fraction of sp³-hybridized carbons (Fsp3) is 0.727. The number of amides is 2. The molecule has 0 rings (SSSR count). The number of carboxylic acid groups (broad SMARTS) is 2. The van der Waals surface area contributed by atoms with Gasteiger partial charge in [0, 0.05) is 19.8 Å². The van der Waals surface area contributed by atoms with E-state index in [2.05, 4.69) is 10.6 Å². The van der Waals surface area contributed by atoms with Gasteiger partial charge in [-0.1, -0.05) is 6.92 Å². The molecule has 0 saturated heterocycles. The molecule has 2 amide bonds. The quantitative estimate of drug-likeness (QED) is 0.417. The van der Waals surface area contributed by atoms with E-state index < -0.39 is 30.4 Å². The van der Waals surface area contributed by atoms with Crippen molar-refractivity contribution in [1.82, 2.24) is 10.6 Å². The van der Waals surface area contributed by atoms with Crippen molar-refractivity contribution in [3.05, 3.63) is 0 Å². The predicted molar refractivity (Wildman–Crippen MR) is 65.9 cm³/mol. The van der Waals surface area contributed by atoms with E-state index in [4.69, 9.17) is 14.9 Å². The first-order chi connectivity index (χ1) is 8.97. The van der Waals surface area contributed by atoms with Crippen LogP contribution in [0.15, 0.2) is 0 Å². The lowest BCUT2D eigenvalue weighted by Crippen LogP contribution is -2.47. The monoisotopic (exact) mass is 276 g/mol. The van der Waals surface area contributed by atoms with E-state index >= 15 is 0 Å². The Balaban J connectivity index is 3.81. The lowest BCUT2D eigenvalue weighted by atomic mass is 10.2. The average molecular weight is 276 g/mol. The Kier molecular flexibility index (Phi) is 9.15. The molecule has 4 N–H and O–H groups in total. The van der Waals surface area contributed by atoms with Crippen molar-refractivity contribution in [3.8, 4) is 0 Å². The first-order valence-electron chi connectivity index (χ1n) is 6.04. The van der Waals surface area contributed by atoms with Crippen molar-refractivity contribution < 1.29 is 29.3 Å². The smallest absolute Gasteiger partial charge is 0.326 e. The van der Waals surface area contributed by atoms with Crippen molar-refractivity contribution in [2.24, 2.45) is 0 Å². The third kappa shape index (κ3) is 9.83. The van der Waals surface area contributed by atoms with E-state index in [1.165, 1.54) is 0 Å². The summed E-state index contributed by atoms with van der Waals surface area (Å²) in [6.07, 6.45) is 0.857. The van der Waals surface area contributed by atoms with Crippen LogP contribution in [-0.4, -0.2) is 54.0 Å². The highest BCUT2D eigenvalue weighted by Crippen LogP contribution is 1.92. The largest absolute Gasteiger partial charge is 0.481 e. The number of aliphatic carboxylic acids is 2. The van der Waals surface area contributed by atoms with E-state index in [1.54, 1.807) is 0 Å². The Bertz CT molecular complexity index is 308. The Hall–Kier alpha value is -1.83. The lowest BCUT2D eigenvalue weighted by Gasteiger charge is -2.13. The molecule has 0 unspecified atom stereocenters. The summed E-state index contributed by atoms with van der Waals surface area (Å²) in [6.45, 7) is 3.48. The van der Waals surface area contributed by atoms with Gasteiger partial charge in [-0.15, -0.1) is 0 Å². The van der Waals surface area contributed by atoms with Gasteiger partial charge >= 0.3 is 18.0 Å². The molecule has 0 radical (unpaired) electrons. The van der Waals surface area contributed by atoms with E-state index in [-0.39, 0.29) is 0 Å². The van der Waals surface area contributed by atoms with Gasteiger partial charge in [-0.2, -0.15) is 0 Å². The summed E-state index contributed by atoms with van der Waals surface area (Å²) in [7, 11) is 0. The molecule has 0 bridgehead atoms.